The first-order valence-corrected chi connectivity index (χ1v) is 7.47. The van der Waals surface area contributed by atoms with Gasteiger partial charge in [0.05, 0.1) is 15.8 Å². The summed E-state index contributed by atoms with van der Waals surface area (Å²) in [5, 5.41) is 4.63. The first-order valence-electron chi connectivity index (χ1n) is 6.65. The number of benzene rings is 1. The molecule has 0 aliphatic heterocycles. The number of nitrogens with one attached hydrogen (secondary N) is 1. The molecule has 1 aromatic carbocycles. The van der Waals surface area contributed by atoms with Crippen LogP contribution in [0.1, 0.15) is 32.1 Å². The number of hydrogen-bond donors (Lipinski definition) is 2. The van der Waals surface area contributed by atoms with Crippen molar-refractivity contribution in [1.29, 1.82) is 0 Å². The molecule has 96 valence electrons. The highest BCUT2D eigenvalue weighted by Crippen LogP contribution is 2.34. The highest BCUT2D eigenvalue weighted by atomic mass is 32.1. The van der Waals surface area contributed by atoms with Crippen LogP contribution in [-0.2, 0) is 0 Å². The van der Waals surface area contributed by atoms with E-state index in [2.05, 4.69) is 28.5 Å². The lowest BCUT2D eigenvalue weighted by atomic mass is 9.82. The van der Waals surface area contributed by atoms with Crippen LogP contribution in [0.3, 0.4) is 0 Å². The number of nitrogens with two attached hydrogens (primary N) is 1. The lowest BCUT2D eigenvalue weighted by Gasteiger charge is -2.37. The summed E-state index contributed by atoms with van der Waals surface area (Å²) in [5.74, 6) is 0. The lowest BCUT2D eigenvalue weighted by Crippen LogP contribution is -2.46. The summed E-state index contributed by atoms with van der Waals surface area (Å²) >= 11 is 1.73. The van der Waals surface area contributed by atoms with E-state index in [4.69, 9.17) is 5.73 Å². The molecule has 1 fully saturated rings. The van der Waals surface area contributed by atoms with Crippen LogP contribution in [0.25, 0.3) is 10.2 Å². The fourth-order valence-electron chi connectivity index (χ4n) is 2.76. The van der Waals surface area contributed by atoms with Gasteiger partial charge in [0.2, 0.25) is 0 Å². The molecule has 0 spiro atoms. The van der Waals surface area contributed by atoms with Crippen LogP contribution in [-0.4, -0.2) is 17.1 Å². The number of fused-ring (bicyclic) bond motifs is 1. The van der Waals surface area contributed by atoms with E-state index < -0.39 is 0 Å². The second-order valence-electron chi connectivity index (χ2n) is 5.16. The minimum atomic E-state index is 0.0755. The minimum Gasteiger partial charge on any atom is -0.355 e. The van der Waals surface area contributed by atoms with Crippen LogP contribution in [0.15, 0.2) is 24.3 Å². The van der Waals surface area contributed by atoms with E-state index >= 15 is 0 Å². The Bertz CT molecular complexity index is 496. The second kappa shape index (κ2) is 4.86. The molecule has 1 saturated carbocycles. The molecule has 1 aliphatic rings. The highest BCUT2D eigenvalue weighted by molar-refractivity contribution is 7.22. The molecule has 0 unspecified atom stereocenters. The monoisotopic (exact) mass is 261 g/mol. The van der Waals surface area contributed by atoms with Gasteiger partial charge in [0.25, 0.3) is 0 Å². The Morgan fingerprint density at radius 2 is 2.00 bits per heavy atom. The van der Waals surface area contributed by atoms with E-state index in [1.165, 1.54) is 36.8 Å². The molecule has 1 aliphatic carbocycles. The molecule has 0 atom stereocenters. The quantitative estimate of drug-likeness (QED) is 0.890. The third-order valence-corrected chi connectivity index (χ3v) is 4.82. The maximum atomic E-state index is 5.99. The number of para-hydroxylation sites is 1. The van der Waals surface area contributed by atoms with Gasteiger partial charge in [-0.2, -0.15) is 0 Å². The van der Waals surface area contributed by atoms with Crippen molar-refractivity contribution in [3.8, 4) is 0 Å². The topological polar surface area (TPSA) is 50.9 Å². The van der Waals surface area contributed by atoms with Crippen LogP contribution >= 0.6 is 11.3 Å². The van der Waals surface area contributed by atoms with Gasteiger partial charge in [-0.3, -0.25) is 0 Å². The van der Waals surface area contributed by atoms with Gasteiger partial charge in [0, 0.05) is 6.54 Å². The Labute approximate surface area is 111 Å². The van der Waals surface area contributed by atoms with Crippen molar-refractivity contribution < 1.29 is 0 Å². The van der Waals surface area contributed by atoms with Gasteiger partial charge in [0.1, 0.15) is 0 Å². The average molecular weight is 261 g/mol. The normalized spacial score (nSPS) is 18.9. The van der Waals surface area contributed by atoms with E-state index in [9.17, 15) is 0 Å². The van der Waals surface area contributed by atoms with Crippen LogP contribution < -0.4 is 11.1 Å². The maximum absolute atomic E-state index is 5.99. The van der Waals surface area contributed by atoms with Gasteiger partial charge in [-0.15, -0.1) is 0 Å². The molecule has 0 radical (unpaired) electrons. The zero-order valence-electron chi connectivity index (χ0n) is 10.5. The number of hydrogen-bond acceptors (Lipinski definition) is 4. The lowest BCUT2D eigenvalue weighted by molar-refractivity contribution is 0.331. The molecule has 1 heterocycles. The fraction of sp³-hybridized carbons (Fsp3) is 0.500. The Balaban J connectivity index is 1.85. The number of anilines is 1. The number of thiazole rings is 1. The van der Waals surface area contributed by atoms with E-state index in [1.54, 1.807) is 11.3 Å². The molecule has 2 aromatic rings. The summed E-state index contributed by atoms with van der Waals surface area (Å²) in [7, 11) is 0. The van der Waals surface area contributed by atoms with E-state index in [0.717, 1.165) is 10.6 Å². The van der Waals surface area contributed by atoms with Crippen LogP contribution in [0, 0.1) is 0 Å². The van der Waals surface area contributed by atoms with Gasteiger partial charge >= 0.3 is 0 Å². The molecule has 1 aromatic heterocycles. The largest absolute Gasteiger partial charge is 0.355 e. The van der Waals surface area contributed by atoms with Crippen LogP contribution in [0.2, 0.25) is 0 Å². The summed E-state index contributed by atoms with van der Waals surface area (Å²) < 4.78 is 1.24. The molecule has 3 N–H and O–H groups in total. The Hall–Kier alpha value is -1.13. The third-order valence-electron chi connectivity index (χ3n) is 3.87. The molecular formula is C14H19N3S. The van der Waals surface area contributed by atoms with Gasteiger partial charge < -0.3 is 11.1 Å². The number of aromatic nitrogens is 1. The maximum Gasteiger partial charge on any atom is 0.184 e. The molecule has 18 heavy (non-hydrogen) atoms. The van der Waals surface area contributed by atoms with Crippen molar-refractivity contribution >= 4 is 26.7 Å². The average Bonchev–Trinajstić information content (AvgIpc) is 2.81. The Morgan fingerprint density at radius 1 is 1.22 bits per heavy atom. The fourth-order valence-corrected chi connectivity index (χ4v) is 3.75. The summed E-state index contributed by atoms with van der Waals surface area (Å²) in [6.07, 6.45) is 6.21. The molecule has 3 nitrogen and oxygen atoms in total. The van der Waals surface area contributed by atoms with Crippen LogP contribution in [0.4, 0.5) is 5.13 Å². The zero-order chi connectivity index (χ0) is 12.4. The highest BCUT2D eigenvalue weighted by Gasteiger charge is 2.31. The SMILES string of the molecule is NCC1(Nc2nc3ccccc3s2)CCCCC1. The van der Waals surface area contributed by atoms with Crippen molar-refractivity contribution in [3.63, 3.8) is 0 Å². The Morgan fingerprint density at radius 3 is 2.72 bits per heavy atom. The molecular weight excluding hydrogens is 242 g/mol. The van der Waals surface area contributed by atoms with Crippen molar-refractivity contribution in [2.75, 3.05) is 11.9 Å². The van der Waals surface area contributed by atoms with Gasteiger partial charge in [-0.1, -0.05) is 42.7 Å². The molecule has 0 saturated heterocycles. The van der Waals surface area contributed by atoms with E-state index in [1.807, 2.05) is 6.07 Å². The van der Waals surface area contributed by atoms with Gasteiger partial charge in [0.15, 0.2) is 5.13 Å². The first kappa shape index (κ1) is 11.9. The van der Waals surface area contributed by atoms with Crippen molar-refractivity contribution in [2.45, 2.75) is 37.6 Å². The standard InChI is InChI=1S/C14H19N3S/c15-10-14(8-4-1-5-9-14)17-13-16-11-6-2-3-7-12(11)18-13/h2-3,6-7H,1,4-5,8-10,15H2,(H,16,17). The summed E-state index contributed by atoms with van der Waals surface area (Å²) in [5.41, 5.74) is 7.15. The summed E-state index contributed by atoms with van der Waals surface area (Å²) in [4.78, 5) is 4.65. The molecule has 3 rings (SSSR count). The molecule has 0 amide bonds. The van der Waals surface area contributed by atoms with Crippen LogP contribution in [0.5, 0.6) is 0 Å². The van der Waals surface area contributed by atoms with E-state index in [-0.39, 0.29) is 5.54 Å². The van der Waals surface area contributed by atoms with E-state index in [0.29, 0.717) is 6.54 Å². The zero-order valence-corrected chi connectivity index (χ0v) is 11.3. The van der Waals surface area contributed by atoms with Crippen molar-refractivity contribution in [1.82, 2.24) is 4.98 Å². The van der Waals surface area contributed by atoms with Gasteiger partial charge in [-0.05, 0) is 25.0 Å². The molecule has 0 bridgehead atoms. The van der Waals surface area contributed by atoms with Gasteiger partial charge in [-0.25, -0.2) is 4.98 Å². The minimum absolute atomic E-state index is 0.0755. The first-order chi connectivity index (χ1) is 8.81. The van der Waals surface area contributed by atoms with Crippen molar-refractivity contribution in [3.05, 3.63) is 24.3 Å². The third kappa shape index (κ3) is 2.22. The van der Waals surface area contributed by atoms with Crippen molar-refractivity contribution in [2.24, 2.45) is 5.73 Å². The second-order valence-corrected chi connectivity index (χ2v) is 6.19. The number of nitrogens with zero attached hydrogens (tertiary/aromatic N) is 1. The number of rotatable bonds is 3. The summed E-state index contributed by atoms with van der Waals surface area (Å²) in [6.45, 7) is 0.697. The Kier molecular flexibility index (Phi) is 3.22. The molecule has 4 heteroatoms. The smallest absolute Gasteiger partial charge is 0.184 e. The predicted molar refractivity (Wildman–Crippen MR) is 78.1 cm³/mol. The predicted octanol–water partition coefficient (Wildman–Crippen LogP) is 3.37. The summed E-state index contributed by atoms with van der Waals surface area (Å²) in [6, 6.07) is 8.27.